The zero-order valence-corrected chi connectivity index (χ0v) is 25.9. The average Bonchev–Trinajstić information content (AvgIpc) is 3.05. The molecule has 240 valence electrons. The number of ether oxygens (including phenoxy) is 2. The summed E-state index contributed by atoms with van der Waals surface area (Å²) < 4.78 is 10.2. The number of carboxylic acid groups (broad SMARTS) is 1. The van der Waals surface area contributed by atoms with Crippen LogP contribution in [0.1, 0.15) is 47.0 Å². The second-order valence-electron chi connectivity index (χ2n) is 9.79. The van der Waals surface area contributed by atoms with E-state index in [0.29, 0.717) is 11.3 Å². The quantitative estimate of drug-likeness (QED) is 0.135. The predicted octanol–water partition coefficient (Wildman–Crippen LogP) is 4.85. The molecule has 12 nitrogen and oxygen atoms in total. The van der Waals surface area contributed by atoms with Crippen LogP contribution in [-0.4, -0.2) is 52.9 Å². The number of benzene rings is 4. The Balaban J connectivity index is 1.49. The Labute approximate surface area is 277 Å². The Bertz CT molecular complexity index is 1850. The van der Waals surface area contributed by atoms with Crippen LogP contribution in [0.4, 0.5) is 5.69 Å². The summed E-state index contributed by atoms with van der Waals surface area (Å²) in [7, 11) is 0. The topological polar surface area (TPSA) is 177 Å². The lowest BCUT2D eigenvalue weighted by Crippen LogP contribution is -2.54. The van der Waals surface area contributed by atoms with E-state index in [1.54, 1.807) is 18.2 Å². The fourth-order valence-electron chi connectivity index (χ4n) is 4.06. The number of hydrogen-bond acceptors (Lipinski definition) is 8. The van der Waals surface area contributed by atoms with E-state index in [1.165, 1.54) is 72.8 Å². The summed E-state index contributed by atoms with van der Waals surface area (Å²) in [5, 5.41) is 12.5. The van der Waals surface area contributed by atoms with Gasteiger partial charge in [-0.25, -0.2) is 14.4 Å². The minimum absolute atomic E-state index is 0.0309. The highest BCUT2D eigenvalue weighted by Gasteiger charge is 2.41. The zero-order chi connectivity index (χ0) is 34.1. The summed E-state index contributed by atoms with van der Waals surface area (Å²) >= 11 is 12.1. The summed E-state index contributed by atoms with van der Waals surface area (Å²) in [6.45, 7) is 1.85. The molecule has 4 N–H and O–H groups in total. The van der Waals surface area contributed by atoms with Crippen molar-refractivity contribution in [3.05, 3.63) is 135 Å². The lowest BCUT2D eigenvalue weighted by atomic mass is 10.1. The number of carbonyl (C=O) groups excluding carboxylic acids is 5. The van der Waals surface area contributed by atoms with Crippen molar-refractivity contribution in [3.63, 3.8) is 0 Å². The largest absolute Gasteiger partial charge is 0.478 e. The smallest absolute Gasteiger partial charge is 0.349 e. The van der Waals surface area contributed by atoms with Crippen LogP contribution in [0.3, 0.4) is 0 Å². The van der Waals surface area contributed by atoms with E-state index in [2.05, 4.69) is 10.7 Å². The molecule has 2 atom stereocenters. The van der Waals surface area contributed by atoms with Crippen molar-refractivity contribution in [2.75, 3.05) is 5.32 Å². The summed E-state index contributed by atoms with van der Waals surface area (Å²) in [6.07, 6.45) is -4.71. The molecular formula is C33H25Cl2N3O9. The summed E-state index contributed by atoms with van der Waals surface area (Å²) in [4.78, 5) is 76.5. The number of hydrazine groups is 1. The molecule has 14 heteroatoms. The lowest BCUT2D eigenvalue weighted by molar-refractivity contribution is -0.159. The number of hydrogen-bond donors (Lipinski definition) is 4. The van der Waals surface area contributed by atoms with Gasteiger partial charge in [0.2, 0.25) is 12.2 Å². The van der Waals surface area contributed by atoms with Gasteiger partial charge in [-0.3, -0.25) is 25.2 Å². The predicted molar refractivity (Wildman–Crippen MR) is 170 cm³/mol. The van der Waals surface area contributed by atoms with Crippen LogP contribution in [0.15, 0.2) is 97.1 Å². The Hall–Kier alpha value is -5.72. The first-order valence-corrected chi connectivity index (χ1v) is 14.4. The molecule has 4 rings (SSSR count). The molecule has 0 unspecified atom stereocenters. The SMILES string of the molecule is Cc1cccc(C(=O)Nc2ccc(C(=O)NNC(=O)[C@H](OC(=O)c3ccccc3Cl)[C@@H](OC(=O)c3ccccc3Cl)C(=O)O)cc2)c1. The number of halogens is 2. The number of aryl methyl sites for hydroxylation is 1. The first-order valence-electron chi connectivity index (χ1n) is 13.7. The minimum atomic E-state index is -2.39. The Kier molecular flexibility index (Phi) is 11.3. The highest BCUT2D eigenvalue weighted by Crippen LogP contribution is 2.21. The van der Waals surface area contributed by atoms with E-state index in [4.69, 9.17) is 32.7 Å². The maximum atomic E-state index is 13.2. The van der Waals surface area contributed by atoms with Crippen molar-refractivity contribution in [2.45, 2.75) is 19.1 Å². The van der Waals surface area contributed by atoms with Gasteiger partial charge in [-0.1, -0.05) is 65.2 Å². The molecule has 0 bridgehead atoms. The number of carbonyl (C=O) groups is 6. The third-order valence-electron chi connectivity index (χ3n) is 6.42. The molecule has 0 heterocycles. The Morgan fingerprint density at radius 1 is 0.638 bits per heavy atom. The molecule has 0 aliphatic carbocycles. The fraction of sp³-hybridized carbons (Fsp3) is 0.0909. The van der Waals surface area contributed by atoms with Gasteiger partial charge in [0.1, 0.15) is 0 Å². The van der Waals surface area contributed by atoms with Crippen LogP contribution >= 0.6 is 23.2 Å². The number of amides is 3. The van der Waals surface area contributed by atoms with E-state index in [0.717, 1.165) is 5.56 Å². The Morgan fingerprint density at radius 3 is 1.72 bits per heavy atom. The molecule has 3 amide bonds. The molecular weight excluding hydrogens is 653 g/mol. The maximum Gasteiger partial charge on any atom is 0.349 e. The zero-order valence-electron chi connectivity index (χ0n) is 24.4. The molecule has 0 fully saturated rings. The van der Waals surface area contributed by atoms with Gasteiger partial charge in [0.25, 0.3) is 17.7 Å². The van der Waals surface area contributed by atoms with Crippen molar-refractivity contribution in [1.82, 2.24) is 10.9 Å². The van der Waals surface area contributed by atoms with Crippen molar-refractivity contribution >= 4 is 64.5 Å². The third-order valence-corrected chi connectivity index (χ3v) is 7.08. The first-order chi connectivity index (χ1) is 22.4. The van der Waals surface area contributed by atoms with Crippen LogP contribution in [-0.2, 0) is 19.1 Å². The summed E-state index contributed by atoms with van der Waals surface area (Å²) in [6, 6.07) is 23.7. The number of aliphatic carboxylic acids is 1. The van der Waals surface area contributed by atoms with Gasteiger partial charge in [-0.2, -0.15) is 0 Å². The van der Waals surface area contributed by atoms with Crippen LogP contribution < -0.4 is 16.2 Å². The highest BCUT2D eigenvalue weighted by atomic mass is 35.5. The Morgan fingerprint density at radius 2 is 1.19 bits per heavy atom. The number of esters is 2. The van der Waals surface area contributed by atoms with Gasteiger partial charge < -0.3 is 19.9 Å². The molecule has 4 aromatic carbocycles. The molecule has 0 saturated heterocycles. The monoisotopic (exact) mass is 677 g/mol. The van der Waals surface area contributed by atoms with Gasteiger partial charge in [-0.15, -0.1) is 0 Å². The van der Waals surface area contributed by atoms with E-state index >= 15 is 0 Å². The normalized spacial score (nSPS) is 11.7. The van der Waals surface area contributed by atoms with E-state index < -0.39 is 41.9 Å². The van der Waals surface area contributed by atoms with Gasteiger partial charge in [0.15, 0.2) is 0 Å². The van der Waals surface area contributed by atoms with Crippen LogP contribution in [0.25, 0.3) is 0 Å². The average molecular weight is 678 g/mol. The first kappa shape index (κ1) is 34.2. The third kappa shape index (κ3) is 8.93. The molecule has 0 aliphatic rings. The molecule has 0 aromatic heterocycles. The van der Waals surface area contributed by atoms with Gasteiger partial charge in [-0.05, 0) is 67.6 Å². The van der Waals surface area contributed by atoms with Crippen molar-refractivity contribution in [1.29, 1.82) is 0 Å². The van der Waals surface area contributed by atoms with Crippen molar-refractivity contribution in [3.8, 4) is 0 Å². The van der Waals surface area contributed by atoms with Crippen LogP contribution in [0, 0.1) is 6.92 Å². The van der Waals surface area contributed by atoms with E-state index in [9.17, 15) is 33.9 Å². The summed E-state index contributed by atoms with van der Waals surface area (Å²) in [5.41, 5.74) is 5.40. The number of carboxylic acids is 1. The molecule has 0 radical (unpaired) electrons. The van der Waals surface area contributed by atoms with Crippen LogP contribution in [0.5, 0.6) is 0 Å². The van der Waals surface area contributed by atoms with Gasteiger partial charge in [0, 0.05) is 16.8 Å². The second-order valence-corrected chi connectivity index (χ2v) is 10.6. The molecule has 47 heavy (non-hydrogen) atoms. The second kappa shape index (κ2) is 15.5. The molecule has 0 aliphatic heterocycles. The van der Waals surface area contributed by atoms with Gasteiger partial charge >= 0.3 is 17.9 Å². The van der Waals surface area contributed by atoms with Crippen molar-refractivity contribution < 1.29 is 43.3 Å². The highest BCUT2D eigenvalue weighted by molar-refractivity contribution is 6.34. The van der Waals surface area contributed by atoms with Crippen LogP contribution in [0.2, 0.25) is 10.0 Å². The fourth-order valence-corrected chi connectivity index (χ4v) is 4.49. The number of nitrogens with one attached hydrogen (secondary N) is 3. The molecule has 0 spiro atoms. The molecule has 4 aromatic rings. The minimum Gasteiger partial charge on any atom is -0.478 e. The lowest BCUT2D eigenvalue weighted by Gasteiger charge is -2.24. The summed E-state index contributed by atoms with van der Waals surface area (Å²) in [5.74, 6) is -6.88. The van der Waals surface area contributed by atoms with E-state index in [1.807, 2.05) is 18.4 Å². The van der Waals surface area contributed by atoms with E-state index in [-0.39, 0.29) is 32.6 Å². The molecule has 0 saturated carbocycles. The standard InChI is InChI=1S/C33H25Cl2N3O9/c1-18-7-6-8-20(17-18)28(39)36-21-15-13-19(14-16-21)29(40)37-38-30(41)26(46-32(44)22-9-2-4-11-24(22)34)27(31(42)43)47-33(45)23-10-3-5-12-25(23)35/h2-17,26-27H,1H3,(H,36,39)(H,37,40)(H,38,41)(H,42,43)/t26-,27-/m1/s1. The van der Waals surface area contributed by atoms with Gasteiger partial charge in [0.05, 0.1) is 21.2 Å². The maximum absolute atomic E-state index is 13.2. The van der Waals surface area contributed by atoms with Crippen molar-refractivity contribution in [2.24, 2.45) is 0 Å². The number of rotatable bonds is 10. The number of anilines is 1.